The Morgan fingerprint density at radius 1 is 1.29 bits per heavy atom. The van der Waals surface area contributed by atoms with Crippen LogP contribution in [0.15, 0.2) is 24.3 Å². The van der Waals surface area contributed by atoms with Gasteiger partial charge in [-0.3, -0.25) is 4.79 Å². The normalized spacial score (nSPS) is 11.8. The molecule has 9 heteroatoms. The lowest BCUT2D eigenvalue weighted by Gasteiger charge is -2.13. The highest BCUT2D eigenvalue weighted by atomic mass is 35.5. The Bertz CT molecular complexity index is 710. The standard InChI is InChI=1S/C15H19ClN6OS/c1-9(13(23)18-11-6-4-10(16)5-7-11)24-8-12-19-14(17)21-15(20-12)22(2)3/h4-7,9H,8H2,1-3H3,(H,18,23)(H2,17,19,20,21)/t9-/m0/s1. The smallest absolute Gasteiger partial charge is 0.237 e. The van der Waals surface area contributed by atoms with E-state index in [-0.39, 0.29) is 17.1 Å². The Kier molecular flexibility index (Phi) is 6.22. The fraction of sp³-hybridized carbons (Fsp3) is 0.333. The molecule has 0 fully saturated rings. The summed E-state index contributed by atoms with van der Waals surface area (Å²) < 4.78 is 0. The Hall–Kier alpha value is -2.06. The molecule has 0 aliphatic carbocycles. The van der Waals surface area contributed by atoms with Gasteiger partial charge in [-0.05, 0) is 31.2 Å². The largest absolute Gasteiger partial charge is 0.368 e. The molecule has 7 nitrogen and oxygen atoms in total. The number of anilines is 3. The summed E-state index contributed by atoms with van der Waals surface area (Å²) in [5.41, 5.74) is 6.39. The molecule has 1 aromatic heterocycles. The lowest BCUT2D eigenvalue weighted by molar-refractivity contribution is -0.115. The van der Waals surface area contributed by atoms with Gasteiger partial charge < -0.3 is 16.0 Å². The molecule has 0 aliphatic heterocycles. The molecular weight excluding hydrogens is 348 g/mol. The van der Waals surface area contributed by atoms with Gasteiger partial charge >= 0.3 is 0 Å². The predicted molar refractivity (Wildman–Crippen MR) is 99.4 cm³/mol. The minimum absolute atomic E-state index is 0.0998. The SMILES string of the molecule is C[C@H](SCc1nc(N)nc(N(C)C)n1)C(=O)Nc1ccc(Cl)cc1. The molecular formula is C15H19ClN6OS. The van der Waals surface area contributed by atoms with Gasteiger partial charge in [0.2, 0.25) is 17.8 Å². The quantitative estimate of drug-likeness (QED) is 0.810. The summed E-state index contributed by atoms with van der Waals surface area (Å²) in [6.45, 7) is 1.83. The summed E-state index contributed by atoms with van der Waals surface area (Å²) in [7, 11) is 3.65. The summed E-state index contributed by atoms with van der Waals surface area (Å²) in [6.07, 6.45) is 0. The number of benzene rings is 1. The second kappa shape index (κ2) is 8.16. The van der Waals surface area contributed by atoms with E-state index in [0.717, 1.165) is 0 Å². The van der Waals surface area contributed by atoms with Crippen LogP contribution >= 0.6 is 23.4 Å². The Balaban J connectivity index is 1.93. The van der Waals surface area contributed by atoms with Crippen molar-refractivity contribution in [2.24, 2.45) is 0 Å². The summed E-state index contributed by atoms with van der Waals surface area (Å²) >= 11 is 7.25. The number of rotatable bonds is 6. The number of carbonyl (C=O) groups excluding carboxylic acids is 1. The van der Waals surface area contributed by atoms with E-state index >= 15 is 0 Å². The number of amides is 1. The molecule has 128 valence electrons. The lowest BCUT2D eigenvalue weighted by atomic mass is 10.3. The van der Waals surface area contributed by atoms with Crippen LogP contribution < -0.4 is 16.0 Å². The van der Waals surface area contributed by atoms with E-state index in [9.17, 15) is 4.79 Å². The molecule has 3 N–H and O–H groups in total. The fourth-order valence-electron chi connectivity index (χ4n) is 1.74. The van der Waals surface area contributed by atoms with E-state index in [0.29, 0.717) is 28.2 Å². The van der Waals surface area contributed by atoms with Crippen LogP contribution in [-0.4, -0.2) is 40.2 Å². The molecule has 1 amide bonds. The van der Waals surface area contributed by atoms with Gasteiger partial charge in [0.05, 0.1) is 11.0 Å². The molecule has 24 heavy (non-hydrogen) atoms. The van der Waals surface area contributed by atoms with Crippen LogP contribution in [-0.2, 0) is 10.5 Å². The number of halogens is 1. The first-order chi connectivity index (χ1) is 11.3. The third kappa shape index (κ3) is 5.24. The van der Waals surface area contributed by atoms with Gasteiger partial charge in [-0.25, -0.2) is 0 Å². The van der Waals surface area contributed by atoms with Gasteiger partial charge in [0.1, 0.15) is 5.82 Å². The molecule has 0 unspecified atom stereocenters. The lowest BCUT2D eigenvalue weighted by Crippen LogP contribution is -2.23. The molecule has 0 bridgehead atoms. The minimum atomic E-state index is -0.276. The zero-order valence-corrected chi connectivity index (χ0v) is 15.2. The maximum atomic E-state index is 12.2. The number of nitrogens with two attached hydrogens (primary N) is 1. The van der Waals surface area contributed by atoms with Gasteiger partial charge in [-0.2, -0.15) is 15.0 Å². The second-order valence-electron chi connectivity index (χ2n) is 5.25. The molecule has 2 rings (SSSR count). The molecule has 2 aromatic rings. The van der Waals surface area contributed by atoms with Crippen LogP contribution in [0.1, 0.15) is 12.7 Å². The highest BCUT2D eigenvalue weighted by molar-refractivity contribution is 7.99. The van der Waals surface area contributed by atoms with E-state index in [1.807, 2.05) is 21.0 Å². The molecule has 1 heterocycles. The average molecular weight is 367 g/mol. The first-order valence-electron chi connectivity index (χ1n) is 7.21. The van der Waals surface area contributed by atoms with Crippen molar-refractivity contribution in [2.75, 3.05) is 30.0 Å². The van der Waals surface area contributed by atoms with E-state index in [1.54, 1.807) is 29.2 Å². The van der Waals surface area contributed by atoms with Crippen molar-refractivity contribution in [3.8, 4) is 0 Å². The van der Waals surface area contributed by atoms with E-state index < -0.39 is 0 Å². The number of hydrogen-bond acceptors (Lipinski definition) is 7. The van der Waals surface area contributed by atoms with Gasteiger partial charge in [-0.1, -0.05) is 11.6 Å². The molecule has 0 spiro atoms. The van der Waals surface area contributed by atoms with Crippen molar-refractivity contribution in [3.05, 3.63) is 35.1 Å². The Morgan fingerprint density at radius 3 is 2.58 bits per heavy atom. The van der Waals surface area contributed by atoms with E-state index in [4.69, 9.17) is 17.3 Å². The summed E-state index contributed by atoms with van der Waals surface area (Å²) in [5.74, 6) is 1.57. The van der Waals surface area contributed by atoms with Gasteiger partial charge in [0.25, 0.3) is 0 Å². The van der Waals surface area contributed by atoms with Crippen molar-refractivity contribution in [2.45, 2.75) is 17.9 Å². The second-order valence-corrected chi connectivity index (χ2v) is 7.02. The predicted octanol–water partition coefficient (Wildman–Crippen LogP) is 2.43. The van der Waals surface area contributed by atoms with Crippen LogP contribution in [0.25, 0.3) is 0 Å². The van der Waals surface area contributed by atoms with E-state index in [2.05, 4.69) is 20.3 Å². The summed E-state index contributed by atoms with van der Waals surface area (Å²) in [4.78, 5) is 26.4. The zero-order valence-electron chi connectivity index (χ0n) is 13.7. The number of nitrogens with zero attached hydrogens (tertiary/aromatic N) is 4. The molecule has 0 aliphatic rings. The first-order valence-corrected chi connectivity index (χ1v) is 8.63. The Morgan fingerprint density at radius 2 is 1.96 bits per heavy atom. The van der Waals surface area contributed by atoms with Crippen LogP contribution in [0, 0.1) is 0 Å². The van der Waals surface area contributed by atoms with Crippen molar-refractivity contribution in [1.29, 1.82) is 0 Å². The number of thioether (sulfide) groups is 1. The number of nitrogen functional groups attached to an aromatic ring is 1. The van der Waals surface area contributed by atoms with Crippen LogP contribution in [0.2, 0.25) is 5.02 Å². The van der Waals surface area contributed by atoms with Crippen molar-refractivity contribution >= 4 is 46.9 Å². The zero-order chi connectivity index (χ0) is 17.7. The van der Waals surface area contributed by atoms with Gasteiger partial charge in [-0.15, -0.1) is 11.8 Å². The molecule has 0 radical (unpaired) electrons. The van der Waals surface area contributed by atoms with Crippen LogP contribution in [0.4, 0.5) is 17.6 Å². The maximum absolute atomic E-state index is 12.2. The monoisotopic (exact) mass is 366 g/mol. The highest BCUT2D eigenvalue weighted by Gasteiger charge is 2.15. The fourth-order valence-corrected chi connectivity index (χ4v) is 2.61. The summed E-state index contributed by atoms with van der Waals surface area (Å²) in [5, 5.41) is 3.19. The van der Waals surface area contributed by atoms with Gasteiger partial charge in [0.15, 0.2) is 0 Å². The van der Waals surface area contributed by atoms with Crippen LogP contribution in [0.5, 0.6) is 0 Å². The number of nitrogens with one attached hydrogen (secondary N) is 1. The molecule has 1 atom stereocenters. The summed E-state index contributed by atoms with van der Waals surface area (Å²) in [6, 6.07) is 6.97. The molecule has 0 saturated carbocycles. The topological polar surface area (TPSA) is 97.0 Å². The van der Waals surface area contributed by atoms with Crippen LogP contribution in [0.3, 0.4) is 0 Å². The molecule has 0 saturated heterocycles. The van der Waals surface area contributed by atoms with Crippen molar-refractivity contribution in [3.63, 3.8) is 0 Å². The average Bonchev–Trinajstić information content (AvgIpc) is 2.54. The minimum Gasteiger partial charge on any atom is -0.368 e. The third-order valence-corrected chi connectivity index (χ3v) is 4.42. The number of hydrogen-bond donors (Lipinski definition) is 2. The maximum Gasteiger partial charge on any atom is 0.237 e. The van der Waals surface area contributed by atoms with Crippen molar-refractivity contribution in [1.82, 2.24) is 15.0 Å². The van der Waals surface area contributed by atoms with Crippen molar-refractivity contribution < 1.29 is 4.79 Å². The third-order valence-electron chi connectivity index (χ3n) is 3.03. The number of carbonyl (C=O) groups is 1. The highest BCUT2D eigenvalue weighted by Crippen LogP contribution is 2.20. The Labute approximate surface area is 150 Å². The van der Waals surface area contributed by atoms with Gasteiger partial charge in [0, 0.05) is 24.8 Å². The first kappa shape index (κ1) is 18.3. The molecule has 1 aromatic carbocycles. The number of aromatic nitrogens is 3. The van der Waals surface area contributed by atoms with E-state index in [1.165, 1.54) is 11.8 Å².